The molecule has 35 heavy (non-hydrogen) atoms. The maximum atomic E-state index is 12.7. The number of carbonyl (C=O) groups is 1. The van der Waals surface area contributed by atoms with Crippen LogP contribution < -0.4 is 9.47 Å². The largest absolute Gasteiger partial charge is 0.493 e. The van der Waals surface area contributed by atoms with Gasteiger partial charge >= 0.3 is 0 Å². The maximum absolute atomic E-state index is 12.7. The number of aliphatic imine (C=N–C) groups is 1. The van der Waals surface area contributed by atoms with Gasteiger partial charge in [0.2, 0.25) is 20.2 Å². The van der Waals surface area contributed by atoms with E-state index in [9.17, 15) is 13.2 Å². The summed E-state index contributed by atoms with van der Waals surface area (Å²) in [5.41, 5.74) is 2.25. The fourth-order valence-corrected chi connectivity index (χ4v) is 5.37. The van der Waals surface area contributed by atoms with E-state index >= 15 is 0 Å². The van der Waals surface area contributed by atoms with Gasteiger partial charge in [0.15, 0.2) is 11.5 Å². The fraction of sp³-hybridized carbons (Fsp3) is 0.167. The van der Waals surface area contributed by atoms with Crippen molar-refractivity contribution in [3.63, 3.8) is 0 Å². The molecule has 2 aliphatic rings. The van der Waals surface area contributed by atoms with Crippen LogP contribution in [0.5, 0.6) is 11.5 Å². The first kappa shape index (κ1) is 24.4. The first-order valence-electron chi connectivity index (χ1n) is 10.4. The number of nitrogens with zero attached hydrogens (tertiary/aromatic N) is 3. The molecule has 0 radical (unpaired) electrons. The standard InChI is InChI=1S/C24H22N4O5S2/c1-4-8-17-11-16(13-19(32-2)20(17)33-14-15-9-6-5-7-10-15)12-18-21(25)28-23(26-22(18)29)34-27-24(28)35(3,30)31/h4-7,9-13,25H,1,8,14H2,2-3H3/b18-12-,25-21?. The smallest absolute Gasteiger partial charge is 0.283 e. The van der Waals surface area contributed by atoms with E-state index in [0.717, 1.165) is 34.2 Å². The molecule has 2 aromatic carbocycles. The Balaban J connectivity index is 1.72. The third-order valence-electron chi connectivity index (χ3n) is 5.10. The molecule has 0 aromatic heterocycles. The second kappa shape index (κ2) is 9.88. The van der Waals surface area contributed by atoms with E-state index in [1.54, 1.807) is 12.1 Å². The number of rotatable bonds is 7. The molecule has 2 aliphatic heterocycles. The Morgan fingerprint density at radius 3 is 2.63 bits per heavy atom. The van der Waals surface area contributed by atoms with E-state index in [2.05, 4.69) is 16.0 Å². The number of amidine groups is 3. The number of nitrogens with one attached hydrogen (secondary N) is 1. The third kappa shape index (κ3) is 5.05. The van der Waals surface area contributed by atoms with Gasteiger partial charge in [-0.05, 0) is 35.8 Å². The van der Waals surface area contributed by atoms with Gasteiger partial charge < -0.3 is 9.47 Å². The number of fused-ring (bicyclic) bond motifs is 1. The number of ether oxygens (including phenoxy) is 2. The van der Waals surface area contributed by atoms with Crippen molar-refractivity contribution in [3.8, 4) is 11.5 Å². The fourth-order valence-electron chi connectivity index (χ4n) is 3.52. The van der Waals surface area contributed by atoms with Crippen molar-refractivity contribution >= 4 is 49.9 Å². The van der Waals surface area contributed by atoms with Gasteiger partial charge in [0, 0.05) is 11.8 Å². The van der Waals surface area contributed by atoms with Gasteiger partial charge in [-0.15, -0.1) is 6.58 Å². The highest BCUT2D eigenvalue weighted by atomic mass is 32.2. The van der Waals surface area contributed by atoms with E-state index in [4.69, 9.17) is 14.9 Å². The number of allylic oxidation sites excluding steroid dienone is 1. The summed E-state index contributed by atoms with van der Waals surface area (Å²) in [6.07, 6.45) is 4.66. The summed E-state index contributed by atoms with van der Waals surface area (Å²) in [4.78, 5) is 17.7. The minimum atomic E-state index is -3.73. The van der Waals surface area contributed by atoms with Gasteiger partial charge in [0.1, 0.15) is 12.4 Å². The van der Waals surface area contributed by atoms with Crippen molar-refractivity contribution in [2.75, 3.05) is 13.4 Å². The molecule has 0 spiro atoms. The summed E-state index contributed by atoms with van der Waals surface area (Å²) in [6.45, 7) is 4.15. The minimum Gasteiger partial charge on any atom is -0.493 e. The van der Waals surface area contributed by atoms with Gasteiger partial charge in [-0.1, -0.05) is 36.4 Å². The highest BCUT2D eigenvalue weighted by Crippen LogP contribution is 2.36. The molecule has 0 saturated heterocycles. The zero-order valence-corrected chi connectivity index (χ0v) is 20.6. The van der Waals surface area contributed by atoms with Gasteiger partial charge in [-0.25, -0.2) is 13.3 Å². The van der Waals surface area contributed by atoms with E-state index in [1.807, 2.05) is 36.4 Å². The Kier molecular flexibility index (Phi) is 6.90. The van der Waals surface area contributed by atoms with Crippen LogP contribution in [-0.2, 0) is 27.7 Å². The minimum absolute atomic E-state index is 0.0344. The molecule has 4 rings (SSSR count). The maximum Gasteiger partial charge on any atom is 0.283 e. The predicted octanol–water partition coefficient (Wildman–Crippen LogP) is 3.62. The monoisotopic (exact) mass is 510 g/mol. The molecule has 0 saturated carbocycles. The second-order valence-corrected chi connectivity index (χ2v) is 10.3. The summed E-state index contributed by atoms with van der Waals surface area (Å²) in [5.74, 6) is 0.0163. The Morgan fingerprint density at radius 1 is 1.23 bits per heavy atom. The Morgan fingerprint density at radius 2 is 1.97 bits per heavy atom. The zero-order valence-electron chi connectivity index (χ0n) is 19.0. The van der Waals surface area contributed by atoms with Crippen molar-refractivity contribution in [2.45, 2.75) is 13.0 Å². The molecule has 1 amide bonds. The number of carbonyl (C=O) groups excluding carboxylic acids is 1. The van der Waals surface area contributed by atoms with Crippen LogP contribution in [0.2, 0.25) is 0 Å². The lowest BCUT2D eigenvalue weighted by molar-refractivity contribution is -0.114. The number of hydrogen-bond acceptors (Lipinski definition) is 8. The second-order valence-electron chi connectivity index (χ2n) is 7.66. The van der Waals surface area contributed by atoms with E-state index in [-0.39, 0.29) is 21.7 Å². The van der Waals surface area contributed by atoms with Crippen LogP contribution in [0.4, 0.5) is 0 Å². The summed E-state index contributed by atoms with van der Waals surface area (Å²) in [5, 5.41) is 8.23. The number of benzene rings is 2. The summed E-state index contributed by atoms with van der Waals surface area (Å²) in [6, 6.07) is 13.2. The molecule has 1 N–H and O–H groups in total. The molecule has 0 atom stereocenters. The zero-order chi connectivity index (χ0) is 25.2. The lowest BCUT2D eigenvalue weighted by atomic mass is 10.0. The van der Waals surface area contributed by atoms with Crippen LogP contribution in [0.3, 0.4) is 0 Å². The lowest BCUT2D eigenvalue weighted by Gasteiger charge is -2.24. The van der Waals surface area contributed by atoms with Crippen LogP contribution in [0.15, 0.2) is 70.1 Å². The average molecular weight is 511 g/mol. The van der Waals surface area contributed by atoms with Crippen molar-refractivity contribution in [1.29, 1.82) is 5.41 Å². The highest BCUT2D eigenvalue weighted by Gasteiger charge is 2.41. The van der Waals surface area contributed by atoms with Crippen LogP contribution in [0.1, 0.15) is 16.7 Å². The molecule has 11 heteroatoms. The highest BCUT2D eigenvalue weighted by molar-refractivity contribution is 8.16. The number of sulfone groups is 1. The molecule has 9 nitrogen and oxygen atoms in total. The van der Waals surface area contributed by atoms with Gasteiger partial charge in [-0.3, -0.25) is 10.2 Å². The summed E-state index contributed by atoms with van der Waals surface area (Å²) < 4.78 is 39.7. The van der Waals surface area contributed by atoms with Crippen molar-refractivity contribution in [3.05, 3.63) is 77.4 Å². The number of methoxy groups -OCH3 is 1. The molecular formula is C24H22N4O5S2. The van der Waals surface area contributed by atoms with Crippen LogP contribution in [-0.4, -0.2) is 48.8 Å². The van der Waals surface area contributed by atoms with E-state index in [0.29, 0.717) is 30.1 Å². The molecule has 180 valence electrons. The quantitative estimate of drug-likeness (QED) is 0.343. The molecule has 0 aliphatic carbocycles. The van der Waals surface area contributed by atoms with Gasteiger partial charge in [-0.2, -0.15) is 9.39 Å². The first-order chi connectivity index (χ1) is 16.7. The first-order valence-corrected chi connectivity index (χ1v) is 13.1. The van der Waals surface area contributed by atoms with Gasteiger partial charge in [0.25, 0.3) is 5.91 Å². The van der Waals surface area contributed by atoms with Crippen LogP contribution in [0, 0.1) is 5.41 Å². The normalized spacial score (nSPS) is 16.6. The Labute approximate surface area is 207 Å². The molecule has 2 heterocycles. The van der Waals surface area contributed by atoms with Crippen molar-refractivity contribution < 1.29 is 22.7 Å². The molecular weight excluding hydrogens is 488 g/mol. The van der Waals surface area contributed by atoms with Crippen molar-refractivity contribution in [1.82, 2.24) is 4.90 Å². The SMILES string of the molecule is C=CCc1cc(/C=C2/C(=N)N3C(=NC2=O)SN=C3S(C)(=O)=O)cc(OC)c1OCc1ccccc1. The summed E-state index contributed by atoms with van der Waals surface area (Å²) in [7, 11) is -2.22. The Bertz CT molecular complexity index is 1410. The number of amides is 1. The molecule has 0 fully saturated rings. The third-order valence-corrected chi connectivity index (χ3v) is 6.86. The summed E-state index contributed by atoms with van der Waals surface area (Å²) >= 11 is 0.746. The van der Waals surface area contributed by atoms with Crippen molar-refractivity contribution in [2.24, 2.45) is 9.39 Å². The molecule has 0 unspecified atom stereocenters. The number of hydrogen-bond donors (Lipinski definition) is 1. The van der Waals surface area contributed by atoms with Gasteiger partial charge in [0.05, 0.1) is 24.6 Å². The van der Waals surface area contributed by atoms with E-state index in [1.165, 1.54) is 13.2 Å². The van der Waals surface area contributed by atoms with Crippen LogP contribution in [0.25, 0.3) is 6.08 Å². The lowest BCUT2D eigenvalue weighted by Crippen LogP contribution is -2.45. The Hall–Kier alpha value is -3.70. The molecule has 0 bridgehead atoms. The molecule has 2 aromatic rings. The average Bonchev–Trinajstić information content (AvgIpc) is 3.26. The van der Waals surface area contributed by atoms with Crippen LogP contribution >= 0.6 is 11.9 Å². The topological polar surface area (TPSA) is 121 Å². The predicted molar refractivity (Wildman–Crippen MR) is 138 cm³/mol. The van der Waals surface area contributed by atoms with E-state index < -0.39 is 15.7 Å².